The highest BCUT2D eigenvalue weighted by Crippen LogP contribution is 2.26. The van der Waals surface area contributed by atoms with E-state index in [9.17, 15) is 4.79 Å². The van der Waals surface area contributed by atoms with Gasteiger partial charge < -0.3 is 14.2 Å². The van der Waals surface area contributed by atoms with Crippen LogP contribution in [0.3, 0.4) is 0 Å². The predicted molar refractivity (Wildman–Crippen MR) is 89.3 cm³/mol. The Bertz CT molecular complexity index is 632. The summed E-state index contributed by atoms with van der Waals surface area (Å²) >= 11 is 0. The molecule has 0 aliphatic rings. The zero-order valence-corrected chi connectivity index (χ0v) is 13.7. The van der Waals surface area contributed by atoms with Gasteiger partial charge in [-0.15, -0.1) is 0 Å². The summed E-state index contributed by atoms with van der Waals surface area (Å²) in [5.41, 5.74) is 1.00. The average Bonchev–Trinajstić information content (AvgIpc) is 2.55. The second kappa shape index (κ2) is 8.22. The van der Waals surface area contributed by atoms with Crippen LogP contribution in [-0.4, -0.2) is 19.2 Å². The Morgan fingerprint density at radius 3 is 2.17 bits per heavy atom. The lowest BCUT2D eigenvalue weighted by atomic mass is 10.0. The van der Waals surface area contributed by atoms with E-state index >= 15 is 0 Å². The molecule has 0 aliphatic carbocycles. The van der Waals surface area contributed by atoms with E-state index in [4.69, 9.17) is 14.2 Å². The lowest BCUT2D eigenvalue weighted by Gasteiger charge is -2.13. The number of hydrogen-bond donors (Lipinski definition) is 0. The molecule has 0 saturated carbocycles. The topological polar surface area (TPSA) is 44.8 Å². The Morgan fingerprint density at radius 2 is 1.57 bits per heavy atom. The summed E-state index contributed by atoms with van der Waals surface area (Å²) in [6.45, 7) is 6.52. The van der Waals surface area contributed by atoms with Crippen LogP contribution in [0, 0.1) is 0 Å². The van der Waals surface area contributed by atoms with Gasteiger partial charge in [-0.25, -0.2) is 4.79 Å². The number of carbonyl (C=O) groups excluding carboxylic acids is 1. The Hall–Kier alpha value is -2.49. The predicted octanol–water partition coefficient (Wildman–Crippen LogP) is 4.19. The molecule has 0 unspecified atom stereocenters. The van der Waals surface area contributed by atoms with E-state index in [0.717, 1.165) is 11.3 Å². The van der Waals surface area contributed by atoms with Crippen molar-refractivity contribution >= 4 is 5.97 Å². The molecule has 0 radical (unpaired) electrons. The summed E-state index contributed by atoms with van der Waals surface area (Å²) in [5.74, 6) is 1.82. The van der Waals surface area contributed by atoms with Gasteiger partial charge in [-0.1, -0.05) is 32.0 Å². The van der Waals surface area contributed by atoms with Crippen molar-refractivity contribution in [1.82, 2.24) is 0 Å². The smallest absolute Gasteiger partial charge is 0.349 e. The van der Waals surface area contributed by atoms with Crippen molar-refractivity contribution in [2.75, 3.05) is 13.2 Å². The van der Waals surface area contributed by atoms with Gasteiger partial charge in [0.15, 0.2) is 6.61 Å². The molecule has 122 valence electrons. The molecule has 0 heterocycles. The van der Waals surface area contributed by atoms with Crippen molar-refractivity contribution in [3.8, 4) is 17.2 Å². The van der Waals surface area contributed by atoms with E-state index in [1.807, 2.05) is 25.1 Å². The summed E-state index contributed by atoms with van der Waals surface area (Å²) in [7, 11) is 0. The van der Waals surface area contributed by atoms with Crippen molar-refractivity contribution in [3.63, 3.8) is 0 Å². The van der Waals surface area contributed by atoms with E-state index < -0.39 is 5.97 Å². The fraction of sp³-hybridized carbons (Fsp3) is 0.316. The Labute approximate surface area is 137 Å². The lowest BCUT2D eigenvalue weighted by molar-refractivity contribution is -0.136. The third-order valence-corrected chi connectivity index (χ3v) is 3.26. The molecule has 2 rings (SSSR count). The van der Waals surface area contributed by atoms with Gasteiger partial charge in [0.1, 0.15) is 17.2 Å². The van der Waals surface area contributed by atoms with Gasteiger partial charge in [-0.2, -0.15) is 0 Å². The van der Waals surface area contributed by atoms with Crippen LogP contribution in [0.25, 0.3) is 0 Å². The molecule has 23 heavy (non-hydrogen) atoms. The Morgan fingerprint density at radius 1 is 0.957 bits per heavy atom. The number of carbonyl (C=O) groups is 1. The molecular formula is C19H22O4. The first-order chi connectivity index (χ1) is 11.1. The van der Waals surface area contributed by atoms with Crippen LogP contribution in [-0.2, 0) is 4.79 Å². The van der Waals surface area contributed by atoms with Crippen LogP contribution in [0.4, 0.5) is 0 Å². The summed E-state index contributed by atoms with van der Waals surface area (Å²) in [5, 5.41) is 0. The molecule has 4 nitrogen and oxygen atoms in total. The molecule has 0 N–H and O–H groups in total. The van der Waals surface area contributed by atoms with Gasteiger partial charge in [0.25, 0.3) is 0 Å². The van der Waals surface area contributed by atoms with Crippen molar-refractivity contribution in [2.24, 2.45) is 0 Å². The minimum atomic E-state index is -0.424. The highest BCUT2D eigenvalue weighted by atomic mass is 16.6. The first kappa shape index (κ1) is 16.9. The molecule has 0 aliphatic heterocycles. The molecule has 0 fully saturated rings. The zero-order valence-electron chi connectivity index (χ0n) is 13.7. The summed E-state index contributed by atoms with van der Waals surface area (Å²) in [6.07, 6.45) is 0. The van der Waals surface area contributed by atoms with Gasteiger partial charge in [-0.3, -0.25) is 0 Å². The first-order valence-electron chi connectivity index (χ1n) is 7.75. The minimum absolute atomic E-state index is 0.138. The molecule has 4 heteroatoms. The molecule has 0 saturated heterocycles. The molecule has 0 bridgehead atoms. The Kier molecular flexibility index (Phi) is 6.03. The van der Waals surface area contributed by atoms with E-state index in [2.05, 4.69) is 13.8 Å². The first-order valence-corrected chi connectivity index (χ1v) is 7.75. The molecule has 0 spiro atoms. The summed E-state index contributed by atoms with van der Waals surface area (Å²) in [4.78, 5) is 12.0. The number of benzene rings is 2. The molecule has 2 aromatic rings. The third-order valence-electron chi connectivity index (χ3n) is 3.26. The van der Waals surface area contributed by atoms with Crippen molar-refractivity contribution < 1.29 is 19.0 Å². The lowest BCUT2D eigenvalue weighted by Crippen LogP contribution is -2.18. The number of para-hydroxylation sites is 1. The fourth-order valence-electron chi connectivity index (χ4n) is 2.14. The maximum Gasteiger partial charge on any atom is 0.349 e. The van der Waals surface area contributed by atoms with Gasteiger partial charge in [0.05, 0.1) is 6.61 Å². The molecule has 0 atom stereocenters. The van der Waals surface area contributed by atoms with Crippen LogP contribution in [0.5, 0.6) is 17.2 Å². The van der Waals surface area contributed by atoms with Gasteiger partial charge >= 0.3 is 5.97 Å². The van der Waals surface area contributed by atoms with E-state index in [1.54, 1.807) is 30.3 Å². The average molecular weight is 314 g/mol. The SMILES string of the molecule is CCOc1ccc(OCC(=O)Oc2ccccc2C(C)C)cc1. The second-order valence-electron chi connectivity index (χ2n) is 5.36. The zero-order chi connectivity index (χ0) is 16.7. The quantitative estimate of drug-likeness (QED) is 0.568. The maximum absolute atomic E-state index is 12.0. The largest absolute Gasteiger partial charge is 0.494 e. The van der Waals surface area contributed by atoms with Crippen molar-refractivity contribution in [3.05, 3.63) is 54.1 Å². The van der Waals surface area contributed by atoms with Gasteiger partial charge in [-0.05, 0) is 48.7 Å². The summed E-state index contributed by atoms with van der Waals surface area (Å²) < 4.78 is 16.2. The van der Waals surface area contributed by atoms with Crippen molar-refractivity contribution in [1.29, 1.82) is 0 Å². The van der Waals surface area contributed by atoms with Crippen LogP contribution in [0.2, 0.25) is 0 Å². The maximum atomic E-state index is 12.0. The number of rotatable bonds is 7. The van der Waals surface area contributed by atoms with Crippen molar-refractivity contribution in [2.45, 2.75) is 26.7 Å². The highest BCUT2D eigenvalue weighted by Gasteiger charge is 2.12. The standard InChI is InChI=1S/C19H22O4/c1-4-21-15-9-11-16(12-10-15)22-13-19(20)23-18-8-6-5-7-17(18)14(2)3/h5-12,14H,4,13H2,1-3H3. The van der Waals surface area contributed by atoms with Crippen LogP contribution >= 0.6 is 0 Å². The number of esters is 1. The highest BCUT2D eigenvalue weighted by molar-refractivity contribution is 5.74. The number of hydrogen-bond acceptors (Lipinski definition) is 4. The number of ether oxygens (including phenoxy) is 3. The van der Waals surface area contributed by atoms with Gasteiger partial charge in [0, 0.05) is 0 Å². The van der Waals surface area contributed by atoms with E-state index in [0.29, 0.717) is 18.1 Å². The van der Waals surface area contributed by atoms with Crippen LogP contribution in [0.1, 0.15) is 32.3 Å². The minimum Gasteiger partial charge on any atom is -0.494 e. The molecule has 0 aromatic heterocycles. The van der Waals surface area contributed by atoms with E-state index in [1.165, 1.54) is 0 Å². The molecule has 0 amide bonds. The summed E-state index contributed by atoms with van der Waals surface area (Å²) in [6, 6.07) is 14.7. The van der Waals surface area contributed by atoms with Gasteiger partial charge in [0.2, 0.25) is 0 Å². The normalized spacial score (nSPS) is 10.4. The monoisotopic (exact) mass is 314 g/mol. The Balaban J connectivity index is 1.90. The third kappa shape index (κ3) is 5.02. The fourth-order valence-corrected chi connectivity index (χ4v) is 2.14. The molecule has 2 aromatic carbocycles. The van der Waals surface area contributed by atoms with Crippen LogP contribution in [0.15, 0.2) is 48.5 Å². The molecular weight excluding hydrogens is 292 g/mol. The second-order valence-corrected chi connectivity index (χ2v) is 5.36. The van der Waals surface area contributed by atoms with Crippen LogP contribution < -0.4 is 14.2 Å². The van der Waals surface area contributed by atoms with E-state index in [-0.39, 0.29) is 12.5 Å².